The predicted octanol–water partition coefficient (Wildman–Crippen LogP) is 12.1. The minimum absolute atomic E-state index is 0.717. The maximum Gasteiger partial charge on any atom is 0.531 e. The van der Waals surface area contributed by atoms with Crippen LogP contribution in [0.1, 0.15) is 0 Å². The third-order valence-corrected chi connectivity index (χ3v) is 17.2. The number of hydrogen-bond acceptors (Lipinski definition) is 7. The summed E-state index contributed by atoms with van der Waals surface area (Å²) in [6.45, 7) is 0. The Balaban J connectivity index is 1.17. The van der Waals surface area contributed by atoms with E-state index in [1.165, 1.54) is 0 Å². The first-order valence-electron chi connectivity index (χ1n) is 21.3. The Kier molecular flexibility index (Phi) is 6.47. The molecule has 1 spiro atoms. The van der Waals surface area contributed by atoms with E-state index in [2.05, 4.69) is 209 Å². The fourth-order valence-corrected chi connectivity index (χ4v) is 15.4. The summed E-state index contributed by atoms with van der Waals surface area (Å²) < 4.78 is 16.9. The van der Waals surface area contributed by atoms with Gasteiger partial charge in [0.25, 0.3) is 0 Å². The molecule has 300 valence electrons. The fourth-order valence-electron chi connectivity index (χ4n) is 10.5. The van der Waals surface area contributed by atoms with E-state index in [0.717, 1.165) is 100 Å². The maximum atomic E-state index is 6.82. The second-order valence-corrected chi connectivity index (χ2v) is 19.3. The summed E-state index contributed by atoms with van der Waals surface area (Å²) in [7, 11) is -3.94. The Bertz CT molecular complexity index is 3920. The Morgan fingerprint density at radius 3 is 1.30 bits per heavy atom. The molecule has 0 radical (unpaired) electrons. The van der Waals surface area contributed by atoms with Crippen molar-refractivity contribution in [3.05, 3.63) is 194 Å². The molecular weight excluding hydrogens is 809 g/mol. The molecule has 13 aromatic rings. The summed E-state index contributed by atoms with van der Waals surface area (Å²) in [4.78, 5) is 27.1. The average molecular weight is 841 g/mol. The normalized spacial score (nSPS) is 14.0. The van der Waals surface area contributed by atoms with E-state index in [-0.39, 0.29) is 0 Å². The lowest BCUT2D eigenvalue weighted by Crippen LogP contribution is -2.68. The molecule has 0 saturated heterocycles. The van der Waals surface area contributed by atoms with Gasteiger partial charge < -0.3 is 4.42 Å². The third kappa shape index (κ3) is 4.15. The van der Waals surface area contributed by atoms with Crippen LogP contribution in [0, 0.1) is 0 Å². The lowest BCUT2D eigenvalue weighted by atomic mass is 10.0. The fraction of sp³-hybridized carbons (Fsp3) is 0. The SMILES string of the molecule is c1ccc(-c2ccccc2N2c3nc4ccccc4n3[Si]3(n4c2nc2ccccc24)n2c(nc4ccccc42)N(c2cccc4c2oc2ccccc24)c2nc4ccccc4n23)cc1. The molecule has 11 nitrogen and oxygen atoms in total. The van der Waals surface area contributed by atoms with Crippen molar-refractivity contribution in [2.45, 2.75) is 0 Å². The van der Waals surface area contributed by atoms with E-state index in [1.54, 1.807) is 0 Å². The van der Waals surface area contributed by atoms with Crippen LogP contribution in [-0.2, 0) is 0 Å². The molecule has 2 aliphatic rings. The molecule has 8 aromatic carbocycles. The highest BCUT2D eigenvalue weighted by Crippen LogP contribution is 2.54. The van der Waals surface area contributed by atoms with Crippen LogP contribution >= 0.6 is 0 Å². The van der Waals surface area contributed by atoms with E-state index in [0.29, 0.717) is 11.9 Å². The van der Waals surface area contributed by atoms with E-state index in [9.17, 15) is 0 Å². The molecule has 5 aromatic heterocycles. The summed E-state index contributed by atoms with van der Waals surface area (Å²) in [5.74, 6) is 2.93. The molecule has 2 aliphatic heterocycles. The van der Waals surface area contributed by atoms with Crippen LogP contribution in [-0.4, -0.2) is 45.6 Å². The number of aromatic nitrogens is 8. The molecule has 0 N–H and O–H groups in total. The zero-order chi connectivity index (χ0) is 41.7. The number of nitrogens with zero attached hydrogens (tertiary/aromatic N) is 10. The van der Waals surface area contributed by atoms with E-state index >= 15 is 0 Å². The zero-order valence-corrected chi connectivity index (χ0v) is 34.9. The lowest BCUT2D eigenvalue weighted by molar-refractivity contribution is 0.667. The number of furan rings is 1. The number of fused-ring (bicyclic) bond motifs is 19. The first kappa shape index (κ1) is 33.9. The van der Waals surface area contributed by atoms with Gasteiger partial charge in [0.2, 0.25) is 23.8 Å². The Morgan fingerprint density at radius 2 is 0.750 bits per heavy atom. The van der Waals surface area contributed by atoms with Crippen molar-refractivity contribution in [1.29, 1.82) is 0 Å². The molecule has 0 unspecified atom stereocenters. The molecular formula is C52H32N10OSi. The van der Waals surface area contributed by atoms with Gasteiger partial charge in [-0.25, -0.2) is 29.7 Å². The summed E-state index contributed by atoms with van der Waals surface area (Å²) in [5.41, 5.74) is 12.9. The molecule has 0 bridgehead atoms. The highest BCUT2D eigenvalue weighted by atomic mass is 28.4. The van der Waals surface area contributed by atoms with Crippen molar-refractivity contribution >= 4 is 110 Å². The quantitative estimate of drug-likeness (QED) is 0.164. The van der Waals surface area contributed by atoms with Crippen LogP contribution in [0.15, 0.2) is 199 Å². The molecule has 0 atom stereocenters. The summed E-state index contributed by atoms with van der Waals surface area (Å²) in [5, 5.41) is 2.07. The Morgan fingerprint density at radius 1 is 0.344 bits per heavy atom. The second-order valence-electron chi connectivity index (χ2n) is 16.3. The molecule has 15 rings (SSSR count). The van der Waals surface area contributed by atoms with Crippen LogP contribution in [0.5, 0.6) is 0 Å². The van der Waals surface area contributed by atoms with Crippen LogP contribution in [0.2, 0.25) is 0 Å². The van der Waals surface area contributed by atoms with Gasteiger partial charge in [-0.3, -0.25) is 16.9 Å². The van der Waals surface area contributed by atoms with Crippen molar-refractivity contribution in [3.63, 3.8) is 0 Å². The Labute approximate surface area is 364 Å². The van der Waals surface area contributed by atoms with E-state index < -0.39 is 8.72 Å². The number of rotatable bonds is 3. The second kappa shape index (κ2) is 12.2. The number of para-hydroxylation sites is 11. The molecule has 0 amide bonds. The van der Waals surface area contributed by atoms with E-state index in [1.807, 2.05) is 12.1 Å². The highest BCUT2D eigenvalue weighted by Gasteiger charge is 2.62. The van der Waals surface area contributed by atoms with Crippen molar-refractivity contribution in [2.24, 2.45) is 0 Å². The number of anilines is 6. The van der Waals surface area contributed by atoms with Crippen molar-refractivity contribution < 1.29 is 4.42 Å². The van der Waals surface area contributed by atoms with Gasteiger partial charge in [0, 0.05) is 16.3 Å². The van der Waals surface area contributed by atoms with Gasteiger partial charge >= 0.3 is 8.72 Å². The smallest absolute Gasteiger partial charge is 0.454 e. The monoisotopic (exact) mass is 840 g/mol. The minimum Gasteiger partial charge on any atom is -0.454 e. The van der Waals surface area contributed by atoms with Crippen molar-refractivity contribution in [2.75, 3.05) is 9.80 Å². The summed E-state index contributed by atoms with van der Waals surface area (Å²) in [6, 6.07) is 67.6. The molecule has 0 aliphatic carbocycles. The molecule has 64 heavy (non-hydrogen) atoms. The molecule has 0 fully saturated rings. The minimum atomic E-state index is -3.94. The van der Waals surface area contributed by atoms with Crippen LogP contribution in [0.3, 0.4) is 0 Å². The van der Waals surface area contributed by atoms with Crippen LogP contribution < -0.4 is 9.80 Å². The van der Waals surface area contributed by atoms with Gasteiger partial charge in [-0.05, 0) is 72.3 Å². The highest BCUT2D eigenvalue weighted by molar-refractivity contribution is 6.79. The van der Waals surface area contributed by atoms with Gasteiger partial charge in [-0.2, -0.15) is 0 Å². The topological polar surface area (TPSA) is 90.9 Å². The summed E-state index contributed by atoms with van der Waals surface area (Å²) in [6.07, 6.45) is 0. The summed E-state index contributed by atoms with van der Waals surface area (Å²) >= 11 is 0. The first-order chi connectivity index (χ1) is 31.8. The molecule has 0 saturated carbocycles. The lowest BCUT2D eigenvalue weighted by Gasteiger charge is -2.47. The van der Waals surface area contributed by atoms with Gasteiger partial charge in [-0.1, -0.05) is 127 Å². The molecule has 7 heterocycles. The average Bonchev–Trinajstić information content (AvgIpc) is 4.18. The number of hydrogen-bond donors (Lipinski definition) is 0. The number of benzene rings is 8. The van der Waals surface area contributed by atoms with Crippen LogP contribution in [0.4, 0.5) is 35.2 Å². The van der Waals surface area contributed by atoms with Crippen molar-refractivity contribution in [3.8, 4) is 11.1 Å². The number of imidazole rings is 4. The van der Waals surface area contributed by atoms with Crippen molar-refractivity contribution in [1.82, 2.24) is 36.9 Å². The van der Waals surface area contributed by atoms with Crippen LogP contribution in [0.25, 0.3) is 77.2 Å². The zero-order valence-electron chi connectivity index (χ0n) is 33.9. The largest absolute Gasteiger partial charge is 0.531 e. The molecule has 12 heteroatoms. The maximum absolute atomic E-state index is 6.82. The van der Waals surface area contributed by atoms with E-state index in [4.69, 9.17) is 24.4 Å². The third-order valence-electron chi connectivity index (χ3n) is 13.0. The van der Waals surface area contributed by atoms with Gasteiger partial charge in [0.05, 0.1) is 55.5 Å². The van der Waals surface area contributed by atoms with Gasteiger partial charge in [0.1, 0.15) is 5.58 Å². The van der Waals surface area contributed by atoms with Gasteiger partial charge in [0.15, 0.2) is 5.58 Å². The standard InChI is InChI=1S/C52H32N10OSi/c1-2-17-33(18-3-1)34-19-4-10-26-41(34)57-49-53-37-22-6-11-27-42(37)59(49)64(60-43-28-12-7-23-38(43)54-50(57)60)61-44-29-13-8-24-39(44)55-51(61)58(52-56-40-25-9-14-30-45(40)62(52)64)46-31-16-21-36-35-20-5-15-32-47(35)63-48(36)46/h1-32H. The predicted molar refractivity (Wildman–Crippen MR) is 255 cm³/mol. The Hall–Kier alpha value is -8.74. The first-order valence-corrected chi connectivity index (χ1v) is 23.1. The van der Waals surface area contributed by atoms with Gasteiger partial charge in [-0.15, -0.1) is 0 Å².